The van der Waals surface area contributed by atoms with Gasteiger partial charge in [-0.1, -0.05) is 41.3 Å². The van der Waals surface area contributed by atoms with Crippen molar-refractivity contribution >= 4 is 40.3 Å². The molecule has 2 aromatic heterocycles. The predicted octanol–water partition coefficient (Wildman–Crippen LogP) is 5.77. The summed E-state index contributed by atoms with van der Waals surface area (Å²) >= 11 is 13.9. The molecular formula is C19H15Cl2N3O2S. The number of aryl methyl sites for hydroxylation is 3. The summed E-state index contributed by atoms with van der Waals surface area (Å²) in [6, 6.07) is 7.08. The van der Waals surface area contributed by atoms with Crippen LogP contribution in [-0.4, -0.2) is 15.9 Å². The maximum atomic E-state index is 13.2. The first kappa shape index (κ1) is 19.6. The van der Waals surface area contributed by atoms with Gasteiger partial charge in [0.05, 0.1) is 27.4 Å². The molecule has 3 aromatic rings. The van der Waals surface area contributed by atoms with E-state index in [0.29, 0.717) is 26.4 Å². The minimum Gasteiger partial charge on any atom is -0.360 e. The highest BCUT2D eigenvalue weighted by Gasteiger charge is 2.32. The smallest absolute Gasteiger partial charge is 0.192 e. The van der Waals surface area contributed by atoms with Crippen LogP contribution in [0.5, 0.6) is 0 Å². The number of Topliss-reactive ketones (excluding diaryl/α,β-unsaturated/α-hetero) is 1. The maximum Gasteiger partial charge on any atom is 0.192 e. The number of thiazole rings is 1. The minimum absolute atomic E-state index is 0.197. The van der Waals surface area contributed by atoms with Crippen LogP contribution in [0.1, 0.15) is 44.5 Å². The molecule has 0 aliphatic rings. The molecule has 0 aliphatic heterocycles. The molecule has 2 heterocycles. The van der Waals surface area contributed by atoms with Gasteiger partial charge in [-0.3, -0.25) is 4.79 Å². The number of hydrogen-bond donors (Lipinski definition) is 0. The lowest BCUT2D eigenvalue weighted by Crippen LogP contribution is -2.13. The van der Waals surface area contributed by atoms with E-state index in [1.54, 1.807) is 25.1 Å². The normalized spacial score (nSPS) is 12.0. The second-order valence-corrected chi connectivity index (χ2v) is 7.94. The van der Waals surface area contributed by atoms with Crippen molar-refractivity contribution in [1.29, 1.82) is 5.26 Å². The molecule has 0 spiro atoms. The highest BCUT2D eigenvalue weighted by atomic mass is 35.5. The summed E-state index contributed by atoms with van der Waals surface area (Å²) in [5.41, 5.74) is 1.72. The van der Waals surface area contributed by atoms with Crippen molar-refractivity contribution < 1.29 is 9.32 Å². The van der Waals surface area contributed by atoms with Crippen LogP contribution < -0.4 is 0 Å². The fourth-order valence-corrected chi connectivity index (χ4v) is 4.46. The predicted molar refractivity (Wildman–Crippen MR) is 106 cm³/mol. The number of halogens is 2. The Kier molecular flexibility index (Phi) is 5.66. The summed E-state index contributed by atoms with van der Waals surface area (Å²) in [5, 5.41) is 14.8. The second kappa shape index (κ2) is 7.81. The zero-order chi connectivity index (χ0) is 19.7. The Labute approximate surface area is 170 Å². The molecule has 138 valence electrons. The summed E-state index contributed by atoms with van der Waals surface area (Å²) < 4.78 is 5.25. The number of aromatic nitrogens is 2. The SMILES string of the molecule is CCc1nc(C(C#N)C(=O)c2c(-c3c(Cl)cccc3Cl)noc2C)sc1C. The number of nitriles is 1. The Balaban J connectivity index is 2.12. The Bertz CT molecular complexity index is 1050. The van der Waals surface area contributed by atoms with Gasteiger partial charge in [0.25, 0.3) is 0 Å². The quantitative estimate of drug-likeness (QED) is 0.489. The van der Waals surface area contributed by atoms with Gasteiger partial charge < -0.3 is 4.52 Å². The number of carbonyl (C=O) groups is 1. The standard InChI is InChI=1S/C19H15Cl2N3O2S/c1-4-14-10(3)27-19(23-14)11(8-22)18(25)15-9(2)26-24-17(15)16-12(20)6-5-7-13(16)21/h5-7,11H,4H2,1-3H3. The number of ketones is 1. The molecule has 27 heavy (non-hydrogen) atoms. The first-order valence-corrected chi connectivity index (χ1v) is 9.76. The summed E-state index contributed by atoms with van der Waals surface area (Å²) in [6.45, 7) is 5.53. The highest BCUT2D eigenvalue weighted by Crippen LogP contribution is 2.39. The van der Waals surface area contributed by atoms with E-state index in [1.165, 1.54) is 11.3 Å². The maximum absolute atomic E-state index is 13.2. The van der Waals surface area contributed by atoms with Crippen LogP contribution in [0.25, 0.3) is 11.3 Å². The molecule has 5 nitrogen and oxygen atoms in total. The van der Waals surface area contributed by atoms with Crippen LogP contribution >= 0.6 is 34.5 Å². The van der Waals surface area contributed by atoms with Gasteiger partial charge >= 0.3 is 0 Å². The van der Waals surface area contributed by atoms with E-state index in [0.717, 1.165) is 17.0 Å². The van der Waals surface area contributed by atoms with E-state index in [9.17, 15) is 10.1 Å². The van der Waals surface area contributed by atoms with Gasteiger partial charge in [0.2, 0.25) is 0 Å². The van der Waals surface area contributed by atoms with Gasteiger partial charge in [-0.2, -0.15) is 5.26 Å². The molecule has 0 N–H and O–H groups in total. The summed E-state index contributed by atoms with van der Waals surface area (Å²) in [4.78, 5) is 18.7. The van der Waals surface area contributed by atoms with E-state index in [1.807, 2.05) is 13.8 Å². The van der Waals surface area contributed by atoms with E-state index < -0.39 is 11.7 Å². The molecule has 0 radical (unpaired) electrons. The number of carbonyl (C=O) groups excluding carboxylic acids is 1. The first-order chi connectivity index (χ1) is 12.9. The molecule has 1 atom stereocenters. The molecule has 0 fully saturated rings. The van der Waals surface area contributed by atoms with Gasteiger partial charge in [-0.05, 0) is 32.4 Å². The van der Waals surface area contributed by atoms with Crippen molar-refractivity contribution in [3.63, 3.8) is 0 Å². The van der Waals surface area contributed by atoms with Gasteiger partial charge in [0.15, 0.2) is 11.7 Å². The lowest BCUT2D eigenvalue weighted by molar-refractivity contribution is 0.0978. The van der Waals surface area contributed by atoms with E-state index in [-0.39, 0.29) is 11.3 Å². The van der Waals surface area contributed by atoms with Crippen LogP contribution in [0.2, 0.25) is 10.0 Å². The Hall–Kier alpha value is -2.20. The largest absolute Gasteiger partial charge is 0.360 e. The van der Waals surface area contributed by atoms with Crippen molar-refractivity contribution in [2.75, 3.05) is 0 Å². The van der Waals surface area contributed by atoms with Crippen molar-refractivity contribution in [2.45, 2.75) is 33.1 Å². The van der Waals surface area contributed by atoms with E-state index in [2.05, 4.69) is 16.2 Å². The molecular weight excluding hydrogens is 405 g/mol. The fourth-order valence-electron chi connectivity index (χ4n) is 2.83. The monoisotopic (exact) mass is 419 g/mol. The van der Waals surface area contributed by atoms with Crippen LogP contribution in [0, 0.1) is 25.2 Å². The van der Waals surface area contributed by atoms with Crippen molar-refractivity contribution in [3.05, 3.63) is 55.1 Å². The fraction of sp³-hybridized carbons (Fsp3) is 0.263. The van der Waals surface area contributed by atoms with Gasteiger partial charge in [-0.25, -0.2) is 4.98 Å². The third kappa shape index (κ3) is 3.51. The average Bonchev–Trinajstić information content (AvgIpc) is 3.18. The summed E-state index contributed by atoms with van der Waals surface area (Å²) in [5.74, 6) is -1.18. The molecule has 0 amide bonds. The number of hydrogen-bond acceptors (Lipinski definition) is 6. The number of benzene rings is 1. The topological polar surface area (TPSA) is 79.8 Å². The van der Waals surface area contributed by atoms with Crippen LogP contribution in [-0.2, 0) is 6.42 Å². The second-order valence-electron chi connectivity index (χ2n) is 5.89. The molecule has 1 unspecified atom stereocenters. The minimum atomic E-state index is -1.05. The van der Waals surface area contributed by atoms with E-state index >= 15 is 0 Å². The number of nitrogens with zero attached hydrogens (tertiary/aromatic N) is 3. The zero-order valence-corrected chi connectivity index (χ0v) is 17.2. The molecule has 0 saturated carbocycles. The average molecular weight is 420 g/mol. The molecule has 0 aliphatic carbocycles. The molecule has 0 saturated heterocycles. The molecule has 0 bridgehead atoms. The van der Waals surface area contributed by atoms with Crippen LogP contribution in [0.15, 0.2) is 22.7 Å². The van der Waals surface area contributed by atoms with Gasteiger partial charge in [0, 0.05) is 10.4 Å². The summed E-state index contributed by atoms with van der Waals surface area (Å²) in [6.07, 6.45) is 0.738. The van der Waals surface area contributed by atoms with Crippen molar-refractivity contribution in [2.24, 2.45) is 0 Å². The lowest BCUT2D eigenvalue weighted by Gasteiger charge is -2.08. The molecule has 3 rings (SSSR count). The van der Waals surface area contributed by atoms with Crippen LogP contribution in [0.4, 0.5) is 0 Å². The molecule has 8 heteroatoms. The third-order valence-corrected chi connectivity index (χ3v) is 5.90. The van der Waals surface area contributed by atoms with Gasteiger partial charge in [-0.15, -0.1) is 11.3 Å². The van der Waals surface area contributed by atoms with E-state index in [4.69, 9.17) is 27.7 Å². The third-order valence-electron chi connectivity index (χ3n) is 4.19. The Morgan fingerprint density at radius 1 is 1.33 bits per heavy atom. The lowest BCUT2D eigenvalue weighted by atomic mass is 9.95. The summed E-state index contributed by atoms with van der Waals surface area (Å²) in [7, 11) is 0. The van der Waals surface area contributed by atoms with Gasteiger partial charge in [0.1, 0.15) is 16.5 Å². The van der Waals surface area contributed by atoms with Crippen LogP contribution in [0.3, 0.4) is 0 Å². The highest BCUT2D eigenvalue weighted by molar-refractivity contribution is 7.12. The zero-order valence-electron chi connectivity index (χ0n) is 14.8. The Morgan fingerprint density at radius 3 is 2.56 bits per heavy atom. The number of rotatable bonds is 5. The first-order valence-electron chi connectivity index (χ1n) is 8.19. The van der Waals surface area contributed by atoms with Crippen molar-refractivity contribution in [3.8, 4) is 17.3 Å². The molecule has 1 aromatic carbocycles. The van der Waals surface area contributed by atoms with Crippen molar-refractivity contribution in [1.82, 2.24) is 10.1 Å². The Morgan fingerprint density at radius 2 is 2.00 bits per heavy atom.